The molecule has 1 atom stereocenters. The van der Waals surface area contributed by atoms with Crippen molar-refractivity contribution in [3.05, 3.63) is 27.9 Å². The van der Waals surface area contributed by atoms with Crippen LogP contribution in [-0.4, -0.2) is 57.8 Å². The van der Waals surface area contributed by atoms with Crippen LogP contribution in [0.15, 0.2) is 11.0 Å². The molecule has 7 nitrogen and oxygen atoms in total. The number of carbonyl (C=O) groups is 2. The van der Waals surface area contributed by atoms with Gasteiger partial charge < -0.3 is 14.8 Å². The van der Waals surface area contributed by atoms with Crippen molar-refractivity contribution in [2.45, 2.75) is 39.2 Å². The lowest BCUT2D eigenvalue weighted by Crippen LogP contribution is -2.58. The molecular formula is C15H22N4O3. The number of likely N-dealkylation sites (N-methyl/N-ethyl adjacent to an activating group) is 1. The van der Waals surface area contributed by atoms with Gasteiger partial charge in [-0.1, -0.05) is 19.8 Å². The van der Waals surface area contributed by atoms with Crippen molar-refractivity contribution in [1.82, 2.24) is 19.8 Å². The van der Waals surface area contributed by atoms with Gasteiger partial charge in [-0.25, -0.2) is 4.98 Å². The molecule has 1 aromatic heterocycles. The van der Waals surface area contributed by atoms with E-state index in [-0.39, 0.29) is 11.5 Å². The fraction of sp³-hybridized carbons (Fsp3) is 0.600. The predicted molar refractivity (Wildman–Crippen MR) is 81.6 cm³/mol. The molecule has 2 amide bonds. The minimum atomic E-state index is -0.494. The summed E-state index contributed by atoms with van der Waals surface area (Å²) in [6.07, 6.45) is 3.71. The number of aromatic nitrogens is 2. The number of piperazine rings is 1. The summed E-state index contributed by atoms with van der Waals surface area (Å²) in [6.45, 7) is 4.60. The first kappa shape index (κ1) is 16.2. The molecule has 0 aliphatic carbocycles. The van der Waals surface area contributed by atoms with Crippen LogP contribution >= 0.6 is 0 Å². The Morgan fingerprint density at radius 3 is 2.77 bits per heavy atom. The van der Waals surface area contributed by atoms with Crippen molar-refractivity contribution >= 4 is 11.8 Å². The number of nitrogens with one attached hydrogen (secondary N) is 1. The summed E-state index contributed by atoms with van der Waals surface area (Å²) in [6, 6.07) is -0.494. The van der Waals surface area contributed by atoms with Crippen molar-refractivity contribution in [1.29, 1.82) is 0 Å². The summed E-state index contributed by atoms with van der Waals surface area (Å²) >= 11 is 0. The number of hydrogen-bond acceptors (Lipinski definition) is 4. The number of carbonyl (C=O) groups excluding carboxylic acids is 2. The largest absolute Gasteiger partial charge is 0.342 e. The molecule has 2 heterocycles. The Labute approximate surface area is 129 Å². The smallest absolute Gasteiger partial charge is 0.263 e. The molecule has 1 fully saturated rings. The average molecular weight is 306 g/mol. The summed E-state index contributed by atoms with van der Waals surface area (Å²) in [5, 5.41) is 0. The molecule has 7 heteroatoms. The number of unbranched alkanes of at least 4 members (excludes halogenated alkanes) is 1. The van der Waals surface area contributed by atoms with E-state index >= 15 is 0 Å². The Morgan fingerprint density at radius 2 is 2.14 bits per heavy atom. The van der Waals surface area contributed by atoms with Gasteiger partial charge in [0.15, 0.2) is 0 Å². The van der Waals surface area contributed by atoms with Crippen LogP contribution in [0.3, 0.4) is 0 Å². The number of aryl methyl sites for hydroxylation is 1. The number of amides is 2. The minimum Gasteiger partial charge on any atom is -0.342 e. The van der Waals surface area contributed by atoms with Gasteiger partial charge >= 0.3 is 0 Å². The van der Waals surface area contributed by atoms with Crippen LogP contribution in [0.1, 0.15) is 42.4 Å². The molecule has 2 rings (SSSR count). The Morgan fingerprint density at radius 1 is 1.41 bits per heavy atom. The van der Waals surface area contributed by atoms with Crippen LogP contribution in [0, 0.1) is 6.92 Å². The number of aromatic amines is 1. The Balaban J connectivity index is 2.29. The van der Waals surface area contributed by atoms with E-state index in [0.29, 0.717) is 25.3 Å². The summed E-state index contributed by atoms with van der Waals surface area (Å²) in [5.74, 6) is -0.0283. The summed E-state index contributed by atoms with van der Waals surface area (Å²) in [4.78, 5) is 46.6. The fourth-order valence-corrected chi connectivity index (χ4v) is 2.62. The molecule has 0 aromatic carbocycles. The van der Waals surface area contributed by atoms with Crippen LogP contribution in [0.4, 0.5) is 0 Å². The molecule has 1 aliphatic heterocycles. The predicted octanol–water partition coefficient (Wildman–Crippen LogP) is 0.551. The van der Waals surface area contributed by atoms with E-state index in [2.05, 4.69) is 9.97 Å². The Bertz CT molecular complexity index is 625. The maximum Gasteiger partial charge on any atom is 0.263 e. The highest BCUT2D eigenvalue weighted by Gasteiger charge is 2.36. The van der Waals surface area contributed by atoms with E-state index in [1.807, 2.05) is 6.92 Å². The highest BCUT2D eigenvalue weighted by molar-refractivity contribution is 5.97. The summed E-state index contributed by atoms with van der Waals surface area (Å²) < 4.78 is 0. The number of H-pyrrole nitrogens is 1. The van der Waals surface area contributed by atoms with E-state index in [0.717, 1.165) is 12.8 Å². The van der Waals surface area contributed by atoms with Gasteiger partial charge in [-0.3, -0.25) is 14.4 Å². The highest BCUT2D eigenvalue weighted by Crippen LogP contribution is 2.18. The molecule has 0 spiro atoms. The molecular weight excluding hydrogens is 284 g/mol. The van der Waals surface area contributed by atoms with E-state index < -0.39 is 17.5 Å². The third-order valence-corrected chi connectivity index (χ3v) is 3.96. The molecule has 22 heavy (non-hydrogen) atoms. The van der Waals surface area contributed by atoms with Crippen molar-refractivity contribution in [3.8, 4) is 0 Å². The minimum absolute atomic E-state index is 0.00977. The molecule has 0 saturated carbocycles. The van der Waals surface area contributed by atoms with Crippen molar-refractivity contribution in [2.75, 3.05) is 20.1 Å². The summed E-state index contributed by atoms with van der Waals surface area (Å²) in [5.41, 5.74) is -0.470. The third-order valence-electron chi connectivity index (χ3n) is 3.96. The van der Waals surface area contributed by atoms with E-state index in [1.54, 1.807) is 18.9 Å². The van der Waals surface area contributed by atoms with E-state index in [1.165, 1.54) is 11.1 Å². The van der Waals surface area contributed by atoms with Crippen molar-refractivity contribution in [3.63, 3.8) is 0 Å². The van der Waals surface area contributed by atoms with Crippen LogP contribution in [-0.2, 0) is 4.79 Å². The van der Waals surface area contributed by atoms with Gasteiger partial charge in [-0.2, -0.15) is 0 Å². The first-order valence-electron chi connectivity index (χ1n) is 7.57. The van der Waals surface area contributed by atoms with Crippen LogP contribution in [0.5, 0.6) is 0 Å². The van der Waals surface area contributed by atoms with Gasteiger partial charge in [0.2, 0.25) is 5.91 Å². The van der Waals surface area contributed by atoms with Gasteiger partial charge in [0.05, 0.1) is 0 Å². The van der Waals surface area contributed by atoms with E-state index in [4.69, 9.17) is 0 Å². The molecule has 0 unspecified atom stereocenters. The molecule has 0 bridgehead atoms. The maximum absolute atomic E-state index is 12.7. The summed E-state index contributed by atoms with van der Waals surface area (Å²) in [7, 11) is 1.74. The molecule has 1 N–H and O–H groups in total. The fourth-order valence-electron chi connectivity index (χ4n) is 2.62. The Hall–Kier alpha value is -2.18. The van der Waals surface area contributed by atoms with Gasteiger partial charge in [-0.15, -0.1) is 0 Å². The van der Waals surface area contributed by atoms with Gasteiger partial charge in [0, 0.05) is 26.3 Å². The Kier molecular flexibility index (Phi) is 4.95. The number of rotatable bonds is 4. The average Bonchev–Trinajstić information content (AvgIpc) is 2.48. The molecule has 1 aliphatic rings. The van der Waals surface area contributed by atoms with Gasteiger partial charge in [0.1, 0.15) is 17.4 Å². The second-order valence-electron chi connectivity index (χ2n) is 5.63. The van der Waals surface area contributed by atoms with Gasteiger partial charge in [0.25, 0.3) is 11.5 Å². The lowest BCUT2D eigenvalue weighted by molar-refractivity contribution is -0.138. The zero-order valence-electron chi connectivity index (χ0n) is 13.3. The SMILES string of the molecule is CCCC[C@H]1C(=O)N(C)CCN1C(=O)c1cnc(C)[nH]c1=O. The maximum atomic E-state index is 12.7. The molecule has 120 valence electrons. The molecule has 0 radical (unpaired) electrons. The van der Waals surface area contributed by atoms with Gasteiger partial charge in [-0.05, 0) is 13.3 Å². The van der Waals surface area contributed by atoms with E-state index in [9.17, 15) is 14.4 Å². The van der Waals surface area contributed by atoms with Crippen molar-refractivity contribution in [2.24, 2.45) is 0 Å². The van der Waals surface area contributed by atoms with Crippen molar-refractivity contribution < 1.29 is 9.59 Å². The number of nitrogens with zero attached hydrogens (tertiary/aromatic N) is 3. The second-order valence-corrected chi connectivity index (χ2v) is 5.63. The normalized spacial score (nSPS) is 18.7. The zero-order chi connectivity index (χ0) is 16.3. The van der Waals surface area contributed by atoms with Crippen LogP contribution in [0.25, 0.3) is 0 Å². The third kappa shape index (κ3) is 3.18. The standard InChI is InChI=1S/C15H22N4O3/c1-4-5-6-12-15(22)18(3)7-8-19(12)14(21)11-9-16-10(2)17-13(11)20/h9,12H,4-8H2,1-3H3,(H,16,17,20)/t12-/m0/s1. The first-order chi connectivity index (χ1) is 10.5. The van der Waals surface area contributed by atoms with Crippen LogP contribution in [0.2, 0.25) is 0 Å². The lowest BCUT2D eigenvalue weighted by atomic mass is 10.0. The number of hydrogen-bond donors (Lipinski definition) is 1. The topological polar surface area (TPSA) is 86.4 Å². The quantitative estimate of drug-likeness (QED) is 0.880. The zero-order valence-corrected chi connectivity index (χ0v) is 13.3. The molecule has 1 saturated heterocycles. The highest BCUT2D eigenvalue weighted by atomic mass is 16.2. The second kappa shape index (κ2) is 6.72. The lowest BCUT2D eigenvalue weighted by Gasteiger charge is -2.39. The molecule has 1 aromatic rings. The first-order valence-corrected chi connectivity index (χ1v) is 7.57. The monoisotopic (exact) mass is 306 g/mol. The van der Waals surface area contributed by atoms with Crippen LogP contribution < -0.4 is 5.56 Å².